The van der Waals surface area contributed by atoms with Crippen LogP contribution in [-0.2, 0) is 20.7 Å². The van der Waals surface area contributed by atoms with E-state index < -0.39 is 43.3 Å². The van der Waals surface area contributed by atoms with Gasteiger partial charge in [0.05, 0.1) is 13.0 Å². The molecule has 0 bridgehead atoms. The summed E-state index contributed by atoms with van der Waals surface area (Å²) in [6.45, 7) is -0.578. The van der Waals surface area contributed by atoms with Gasteiger partial charge in [-0.1, -0.05) is 18.2 Å². The summed E-state index contributed by atoms with van der Waals surface area (Å²) in [6.07, 6.45) is -5.58. The number of carbonyl (C=O) groups excluding carboxylic acids is 1. The quantitative estimate of drug-likeness (QED) is 0.455. The number of nitrogens with one attached hydrogen (secondary N) is 1. The smallest absolute Gasteiger partial charge is 0.310 e. The van der Waals surface area contributed by atoms with Gasteiger partial charge >= 0.3 is 5.97 Å². The van der Waals surface area contributed by atoms with Crippen molar-refractivity contribution in [1.29, 1.82) is 0 Å². The summed E-state index contributed by atoms with van der Waals surface area (Å²) in [5, 5.41) is 39.2. The molecule has 1 aromatic heterocycles. The molecule has 3 rings (SSSR count). The molecular formula is C16H19NO7. The minimum absolute atomic E-state index is 0.0516. The third-order valence-corrected chi connectivity index (χ3v) is 4.12. The number of aromatic nitrogens is 1. The summed E-state index contributed by atoms with van der Waals surface area (Å²) in [6, 6.07) is 7.46. The van der Waals surface area contributed by atoms with Crippen LogP contribution < -0.4 is 0 Å². The first-order valence-corrected chi connectivity index (χ1v) is 7.56. The van der Waals surface area contributed by atoms with Gasteiger partial charge in [0.15, 0.2) is 12.4 Å². The minimum atomic E-state index is -1.65. The number of ether oxygens (including phenoxy) is 2. The largest absolute Gasteiger partial charge is 0.456 e. The van der Waals surface area contributed by atoms with Gasteiger partial charge in [-0.3, -0.25) is 4.79 Å². The van der Waals surface area contributed by atoms with Crippen LogP contribution in [0.4, 0.5) is 0 Å². The Hall–Kier alpha value is -1.97. The lowest BCUT2D eigenvalue weighted by molar-refractivity contribution is -0.289. The topological polar surface area (TPSA) is 132 Å². The summed E-state index contributed by atoms with van der Waals surface area (Å²) < 4.78 is 10.1. The summed E-state index contributed by atoms with van der Waals surface area (Å²) in [5.41, 5.74) is 1.61. The molecule has 24 heavy (non-hydrogen) atoms. The molecule has 1 aliphatic heterocycles. The second-order valence-corrected chi connectivity index (χ2v) is 5.72. The first-order chi connectivity index (χ1) is 11.5. The number of rotatable bonds is 4. The Morgan fingerprint density at radius 1 is 1.21 bits per heavy atom. The molecule has 8 nitrogen and oxygen atoms in total. The number of benzene rings is 1. The number of H-pyrrole nitrogens is 1. The van der Waals surface area contributed by atoms with Crippen LogP contribution in [0.15, 0.2) is 30.5 Å². The Morgan fingerprint density at radius 2 is 1.96 bits per heavy atom. The number of hydrogen-bond acceptors (Lipinski definition) is 7. The molecule has 0 amide bonds. The average molecular weight is 337 g/mol. The van der Waals surface area contributed by atoms with Crippen molar-refractivity contribution in [2.24, 2.45) is 0 Å². The molecule has 5 atom stereocenters. The molecule has 1 saturated heterocycles. The first kappa shape index (κ1) is 16.9. The molecule has 0 aliphatic carbocycles. The van der Waals surface area contributed by atoms with E-state index in [1.165, 1.54) is 0 Å². The lowest BCUT2D eigenvalue weighted by Gasteiger charge is -2.39. The van der Waals surface area contributed by atoms with E-state index >= 15 is 0 Å². The van der Waals surface area contributed by atoms with Crippen LogP contribution in [-0.4, -0.2) is 68.7 Å². The SMILES string of the molecule is O=C(Cc1c[nH]c2ccccc12)O[C@H]1[C@H](O)[C@@H](O)C(O)O[C@@H]1CO. The van der Waals surface area contributed by atoms with Crippen molar-refractivity contribution in [3.05, 3.63) is 36.0 Å². The second-order valence-electron chi connectivity index (χ2n) is 5.72. The maximum absolute atomic E-state index is 12.2. The summed E-state index contributed by atoms with van der Waals surface area (Å²) >= 11 is 0. The fourth-order valence-corrected chi connectivity index (χ4v) is 2.84. The van der Waals surface area contributed by atoms with Gasteiger partial charge < -0.3 is 34.9 Å². The highest BCUT2D eigenvalue weighted by molar-refractivity contribution is 5.87. The first-order valence-electron chi connectivity index (χ1n) is 7.56. The van der Waals surface area contributed by atoms with Crippen LogP contribution >= 0.6 is 0 Å². The molecule has 5 N–H and O–H groups in total. The monoisotopic (exact) mass is 337 g/mol. The number of hydrogen-bond donors (Lipinski definition) is 5. The number of aliphatic hydroxyl groups excluding tert-OH is 4. The fraction of sp³-hybridized carbons (Fsp3) is 0.438. The molecule has 8 heteroatoms. The number of carbonyl (C=O) groups is 1. The predicted octanol–water partition coefficient (Wildman–Crippen LogP) is -0.947. The van der Waals surface area contributed by atoms with Crippen molar-refractivity contribution in [2.45, 2.75) is 37.1 Å². The highest BCUT2D eigenvalue weighted by Crippen LogP contribution is 2.24. The van der Waals surface area contributed by atoms with Crippen molar-refractivity contribution >= 4 is 16.9 Å². The van der Waals surface area contributed by atoms with Crippen LogP contribution in [0.2, 0.25) is 0 Å². The highest BCUT2D eigenvalue weighted by Gasteiger charge is 2.45. The van der Waals surface area contributed by atoms with E-state index in [1.54, 1.807) is 6.20 Å². The Labute approximate surface area is 137 Å². The molecular weight excluding hydrogens is 318 g/mol. The maximum Gasteiger partial charge on any atom is 0.310 e. The van der Waals surface area contributed by atoms with E-state index in [4.69, 9.17) is 9.47 Å². The van der Waals surface area contributed by atoms with Gasteiger partial charge in [0.25, 0.3) is 0 Å². The molecule has 2 aromatic rings. The van der Waals surface area contributed by atoms with Crippen LogP contribution in [0.3, 0.4) is 0 Å². The second kappa shape index (κ2) is 6.88. The maximum atomic E-state index is 12.2. The van der Waals surface area contributed by atoms with Crippen molar-refractivity contribution in [1.82, 2.24) is 4.98 Å². The Morgan fingerprint density at radius 3 is 2.71 bits per heavy atom. The summed E-state index contributed by atoms with van der Waals surface area (Å²) in [7, 11) is 0. The van der Waals surface area contributed by atoms with Crippen LogP contribution in [0.1, 0.15) is 5.56 Å². The molecule has 0 radical (unpaired) electrons. The number of esters is 1. The Kier molecular flexibility index (Phi) is 4.83. The lowest BCUT2D eigenvalue weighted by Crippen LogP contribution is -2.59. The molecule has 1 fully saturated rings. The molecule has 1 unspecified atom stereocenters. The zero-order valence-corrected chi connectivity index (χ0v) is 12.7. The fourth-order valence-electron chi connectivity index (χ4n) is 2.84. The normalized spacial score (nSPS) is 30.4. The van der Waals surface area contributed by atoms with Gasteiger partial charge in [0.2, 0.25) is 0 Å². The van der Waals surface area contributed by atoms with Gasteiger partial charge in [-0.05, 0) is 11.6 Å². The van der Waals surface area contributed by atoms with Gasteiger partial charge in [-0.25, -0.2) is 0 Å². The average Bonchev–Trinajstić information content (AvgIpc) is 2.98. The number of fused-ring (bicyclic) bond motifs is 1. The molecule has 130 valence electrons. The van der Waals surface area contributed by atoms with E-state index in [9.17, 15) is 25.2 Å². The predicted molar refractivity (Wildman–Crippen MR) is 81.9 cm³/mol. The van der Waals surface area contributed by atoms with E-state index in [1.807, 2.05) is 24.3 Å². The Balaban J connectivity index is 1.71. The van der Waals surface area contributed by atoms with Crippen molar-refractivity contribution in [3.8, 4) is 0 Å². The molecule has 0 saturated carbocycles. The molecule has 2 heterocycles. The zero-order valence-electron chi connectivity index (χ0n) is 12.7. The van der Waals surface area contributed by atoms with E-state index in [2.05, 4.69) is 4.98 Å². The molecule has 0 spiro atoms. The van der Waals surface area contributed by atoms with Gasteiger partial charge in [-0.2, -0.15) is 0 Å². The van der Waals surface area contributed by atoms with Crippen molar-refractivity contribution < 1.29 is 34.7 Å². The molecule has 1 aliphatic rings. The van der Waals surface area contributed by atoms with Crippen LogP contribution in [0.5, 0.6) is 0 Å². The summed E-state index contributed by atoms with van der Waals surface area (Å²) in [5.74, 6) is -0.644. The third kappa shape index (κ3) is 3.14. The number of aromatic amines is 1. The molecule has 1 aromatic carbocycles. The van der Waals surface area contributed by atoms with Gasteiger partial charge in [0, 0.05) is 17.1 Å². The highest BCUT2D eigenvalue weighted by atomic mass is 16.7. The minimum Gasteiger partial charge on any atom is -0.456 e. The number of aliphatic hydroxyl groups is 4. The van der Waals surface area contributed by atoms with E-state index in [-0.39, 0.29) is 6.42 Å². The van der Waals surface area contributed by atoms with Crippen molar-refractivity contribution in [2.75, 3.05) is 6.61 Å². The van der Waals surface area contributed by atoms with Crippen LogP contribution in [0.25, 0.3) is 10.9 Å². The zero-order chi connectivity index (χ0) is 17.3. The van der Waals surface area contributed by atoms with Crippen LogP contribution in [0, 0.1) is 0 Å². The van der Waals surface area contributed by atoms with Gasteiger partial charge in [-0.15, -0.1) is 0 Å². The van der Waals surface area contributed by atoms with E-state index in [0.29, 0.717) is 0 Å². The summed E-state index contributed by atoms with van der Waals surface area (Å²) in [4.78, 5) is 15.2. The third-order valence-electron chi connectivity index (χ3n) is 4.12. The standard InChI is InChI=1S/C16H19NO7/c18-7-11-15(13(20)14(21)16(22)23-11)24-12(19)5-8-6-17-10-4-2-1-3-9(8)10/h1-4,6,11,13-18,20-22H,5,7H2/t11-,13-,14-,15-,16?/m1/s1. The van der Waals surface area contributed by atoms with E-state index in [0.717, 1.165) is 16.5 Å². The van der Waals surface area contributed by atoms with Gasteiger partial charge in [0.1, 0.15) is 18.3 Å². The Bertz CT molecular complexity index is 713. The lowest BCUT2D eigenvalue weighted by atomic mass is 9.99. The number of para-hydroxylation sites is 1. The van der Waals surface area contributed by atoms with Crippen molar-refractivity contribution in [3.63, 3.8) is 0 Å².